The van der Waals surface area contributed by atoms with E-state index in [-0.39, 0.29) is 22.3 Å². The largest absolute Gasteiger partial charge is 0.283 e. The van der Waals surface area contributed by atoms with Gasteiger partial charge in [0.25, 0.3) is 11.6 Å². The summed E-state index contributed by atoms with van der Waals surface area (Å²) < 4.78 is 23.0. The number of nitro groups is 1. The molecule has 1 aliphatic rings. The molecule has 0 N–H and O–H groups in total. The van der Waals surface area contributed by atoms with Gasteiger partial charge in [-0.25, -0.2) is 8.42 Å². The maximum atomic E-state index is 13.1. The maximum absolute atomic E-state index is 13.1. The van der Waals surface area contributed by atoms with Gasteiger partial charge in [0.15, 0.2) is 0 Å². The molecule has 0 fully saturated rings. The molecule has 0 aromatic heterocycles. The number of hydrogen-bond acceptors (Lipinski definition) is 6. The highest BCUT2D eigenvalue weighted by atomic mass is 32.2. The van der Waals surface area contributed by atoms with E-state index < -0.39 is 20.7 Å². The molecule has 1 atom stereocenters. The second kappa shape index (κ2) is 8.15. The van der Waals surface area contributed by atoms with Gasteiger partial charge in [-0.05, 0) is 24.6 Å². The van der Waals surface area contributed by atoms with Crippen molar-refractivity contribution in [3.05, 3.63) is 76.5 Å². The third-order valence-corrected chi connectivity index (χ3v) is 6.45. The number of carbonyl (C=O) groups excluding carboxylic acids is 1. The Morgan fingerprint density at radius 1 is 1.18 bits per heavy atom. The summed E-state index contributed by atoms with van der Waals surface area (Å²) in [7, 11) is -3.10. The molecular weight excluding hydrogens is 400 g/mol. The zero-order valence-corrected chi connectivity index (χ0v) is 16.7. The highest BCUT2D eigenvalue weighted by Crippen LogP contribution is 2.38. The average molecular weight is 418 g/mol. The summed E-state index contributed by atoms with van der Waals surface area (Å²) >= 11 is 1.47. The van der Waals surface area contributed by atoms with Crippen LogP contribution in [0.1, 0.15) is 16.8 Å². The smallest absolute Gasteiger partial charge is 0.282 e. The first-order valence-electron chi connectivity index (χ1n) is 8.45. The van der Waals surface area contributed by atoms with Gasteiger partial charge < -0.3 is 0 Å². The molecule has 1 amide bonds. The van der Waals surface area contributed by atoms with Crippen molar-refractivity contribution in [2.75, 3.05) is 16.9 Å². The van der Waals surface area contributed by atoms with E-state index >= 15 is 0 Å². The van der Waals surface area contributed by atoms with Gasteiger partial charge in [-0.3, -0.25) is 19.8 Å². The zero-order valence-electron chi connectivity index (χ0n) is 15.0. The van der Waals surface area contributed by atoms with Crippen molar-refractivity contribution in [1.82, 2.24) is 0 Å². The molecule has 1 heterocycles. The van der Waals surface area contributed by atoms with E-state index in [0.717, 1.165) is 4.90 Å². The molecular formula is C19H18N2O5S2. The molecule has 7 nitrogen and oxygen atoms in total. The first-order chi connectivity index (χ1) is 13.3. The standard InChI is InChI=1S/C19H18N2O5S2/c1-28(25,26)13-11-14-10-12-20(17-8-4-5-9-18(17)27-14)19(22)15-6-2-3-7-16(15)21(23)24/h2-10,12,14H,11,13H2,1H3. The molecule has 146 valence electrons. The molecule has 0 spiro atoms. The van der Waals surface area contributed by atoms with Gasteiger partial charge in [0.05, 0.1) is 16.4 Å². The number of anilines is 1. The molecule has 9 heteroatoms. The second-order valence-electron chi connectivity index (χ2n) is 6.33. The Labute approximate surface area is 167 Å². The van der Waals surface area contributed by atoms with Gasteiger partial charge in [-0.1, -0.05) is 30.3 Å². The van der Waals surface area contributed by atoms with Gasteiger partial charge in [0, 0.05) is 28.7 Å². The molecule has 28 heavy (non-hydrogen) atoms. The fourth-order valence-electron chi connectivity index (χ4n) is 2.83. The maximum Gasteiger partial charge on any atom is 0.282 e. The van der Waals surface area contributed by atoms with Crippen molar-refractivity contribution in [3.63, 3.8) is 0 Å². The van der Waals surface area contributed by atoms with Crippen molar-refractivity contribution in [3.8, 4) is 0 Å². The van der Waals surface area contributed by atoms with Gasteiger partial charge in [0.1, 0.15) is 15.4 Å². The van der Waals surface area contributed by atoms with Crippen LogP contribution in [0.25, 0.3) is 0 Å². The monoisotopic (exact) mass is 418 g/mol. The molecule has 1 unspecified atom stereocenters. The molecule has 1 aliphatic heterocycles. The van der Waals surface area contributed by atoms with Crippen molar-refractivity contribution >= 4 is 38.9 Å². The van der Waals surface area contributed by atoms with Crippen molar-refractivity contribution in [1.29, 1.82) is 0 Å². The molecule has 0 bridgehead atoms. The van der Waals surface area contributed by atoms with Gasteiger partial charge in [-0.15, -0.1) is 11.8 Å². The normalized spacial score (nSPS) is 16.3. The first-order valence-corrected chi connectivity index (χ1v) is 11.4. The van der Waals surface area contributed by atoms with Crippen molar-refractivity contribution < 1.29 is 18.1 Å². The number of nitrogens with zero attached hydrogens (tertiary/aromatic N) is 2. The number of fused-ring (bicyclic) bond motifs is 1. The minimum absolute atomic E-state index is 0.00783. The van der Waals surface area contributed by atoms with Crippen molar-refractivity contribution in [2.45, 2.75) is 16.6 Å². The topological polar surface area (TPSA) is 97.6 Å². The van der Waals surface area contributed by atoms with Crippen LogP contribution in [-0.4, -0.2) is 36.5 Å². The van der Waals surface area contributed by atoms with Crippen molar-refractivity contribution in [2.24, 2.45) is 0 Å². The van der Waals surface area contributed by atoms with Crippen LogP contribution < -0.4 is 4.90 Å². The quantitative estimate of drug-likeness (QED) is 0.543. The Bertz CT molecular complexity index is 1050. The summed E-state index contributed by atoms with van der Waals surface area (Å²) in [5.41, 5.74) is 0.337. The predicted octanol–water partition coefficient (Wildman–Crippen LogP) is 3.66. The van der Waals surface area contributed by atoms with Crippen LogP contribution in [0.4, 0.5) is 11.4 Å². The minimum Gasteiger partial charge on any atom is -0.283 e. The van der Waals surface area contributed by atoms with Gasteiger partial charge in [-0.2, -0.15) is 0 Å². The van der Waals surface area contributed by atoms with Crippen LogP contribution in [-0.2, 0) is 9.84 Å². The molecule has 0 radical (unpaired) electrons. The Morgan fingerprint density at radius 2 is 1.86 bits per heavy atom. The Hall–Kier alpha value is -2.65. The van der Waals surface area contributed by atoms with E-state index in [2.05, 4.69) is 0 Å². The van der Waals surface area contributed by atoms with Gasteiger partial charge >= 0.3 is 0 Å². The zero-order chi connectivity index (χ0) is 20.3. The van der Waals surface area contributed by atoms with E-state index in [0.29, 0.717) is 12.1 Å². The third kappa shape index (κ3) is 4.60. The van der Waals surface area contributed by atoms with E-state index in [9.17, 15) is 23.3 Å². The van der Waals surface area contributed by atoms with Crippen LogP contribution in [0, 0.1) is 10.1 Å². The number of benzene rings is 2. The molecule has 0 saturated carbocycles. The lowest BCUT2D eigenvalue weighted by atomic mass is 10.1. The fourth-order valence-corrected chi connectivity index (χ4v) is 4.81. The Balaban J connectivity index is 1.99. The fraction of sp³-hybridized carbons (Fsp3) is 0.211. The first kappa shape index (κ1) is 20.1. The number of para-hydroxylation sites is 2. The SMILES string of the molecule is CS(=O)(=O)CCC1C=CN(C(=O)c2ccccc2[N+](=O)[O-])c2ccccc2S1. The van der Waals surface area contributed by atoms with Gasteiger partial charge in [0.2, 0.25) is 0 Å². The Kier molecular flexibility index (Phi) is 5.85. The highest BCUT2D eigenvalue weighted by molar-refractivity contribution is 8.00. The molecule has 0 saturated heterocycles. The van der Waals surface area contributed by atoms with Crippen LogP contribution in [0.3, 0.4) is 0 Å². The molecule has 2 aromatic carbocycles. The highest BCUT2D eigenvalue weighted by Gasteiger charge is 2.28. The van der Waals surface area contributed by atoms with E-state index in [1.54, 1.807) is 30.5 Å². The lowest BCUT2D eigenvalue weighted by Gasteiger charge is -2.19. The van der Waals surface area contributed by atoms with Crippen LogP contribution in [0.5, 0.6) is 0 Å². The number of amides is 1. The summed E-state index contributed by atoms with van der Waals surface area (Å²) in [6.07, 6.45) is 4.94. The van der Waals surface area contributed by atoms with E-state index in [1.807, 2.05) is 12.1 Å². The molecule has 3 rings (SSSR count). The van der Waals surface area contributed by atoms with Crippen LogP contribution in [0.15, 0.2) is 65.7 Å². The average Bonchev–Trinajstić information content (AvgIpc) is 2.84. The Morgan fingerprint density at radius 3 is 2.57 bits per heavy atom. The number of rotatable bonds is 5. The second-order valence-corrected chi connectivity index (χ2v) is 9.87. The number of carbonyl (C=O) groups is 1. The summed E-state index contributed by atoms with van der Waals surface area (Å²) in [5, 5.41) is 11.2. The molecule has 2 aromatic rings. The number of sulfone groups is 1. The minimum atomic E-state index is -3.10. The molecule has 0 aliphatic carbocycles. The summed E-state index contributed by atoms with van der Waals surface area (Å²) in [6.45, 7) is 0. The lowest BCUT2D eigenvalue weighted by Crippen LogP contribution is -2.26. The lowest BCUT2D eigenvalue weighted by molar-refractivity contribution is -0.385. The van der Waals surface area contributed by atoms with Crippen LogP contribution >= 0.6 is 11.8 Å². The summed E-state index contributed by atoms with van der Waals surface area (Å²) in [4.78, 5) is 26.0. The number of hydrogen-bond donors (Lipinski definition) is 0. The summed E-state index contributed by atoms with van der Waals surface area (Å²) in [5.74, 6) is -0.477. The number of thioether (sulfide) groups is 1. The summed E-state index contributed by atoms with van der Waals surface area (Å²) in [6, 6.07) is 13.0. The third-order valence-electron chi connectivity index (χ3n) is 4.18. The van der Waals surface area contributed by atoms with Crippen LogP contribution in [0.2, 0.25) is 0 Å². The van der Waals surface area contributed by atoms with E-state index in [4.69, 9.17) is 0 Å². The number of nitro benzene ring substituents is 1. The van der Waals surface area contributed by atoms with E-state index in [1.165, 1.54) is 41.1 Å². The predicted molar refractivity (Wildman–Crippen MR) is 109 cm³/mol.